The van der Waals surface area contributed by atoms with Crippen molar-refractivity contribution < 1.29 is 4.79 Å². The Morgan fingerprint density at radius 1 is 1.43 bits per heavy atom. The van der Waals surface area contributed by atoms with E-state index in [1.54, 1.807) is 0 Å². The molecule has 0 aliphatic carbocycles. The number of hydrogen-bond donors (Lipinski definition) is 1. The maximum Gasteiger partial charge on any atom is 0.263 e. The first-order valence-corrected chi connectivity index (χ1v) is 8.01. The van der Waals surface area contributed by atoms with E-state index in [0.29, 0.717) is 6.54 Å². The van der Waals surface area contributed by atoms with Gasteiger partial charge in [0.25, 0.3) is 5.91 Å². The Hall–Kier alpha value is -1.69. The molecule has 2 heterocycles. The highest BCUT2D eigenvalue weighted by Gasteiger charge is 2.17. The maximum atomic E-state index is 12.3. The van der Waals surface area contributed by atoms with Gasteiger partial charge in [-0.05, 0) is 40.2 Å². The van der Waals surface area contributed by atoms with E-state index in [9.17, 15) is 4.79 Å². The average Bonchev–Trinajstić information content (AvgIpc) is 2.97. The number of rotatable bonds is 5. The van der Waals surface area contributed by atoms with Crippen molar-refractivity contribution in [2.45, 2.75) is 47.1 Å². The van der Waals surface area contributed by atoms with Crippen molar-refractivity contribution in [3.63, 3.8) is 0 Å². The van der Waals surface area contributed by atoms with E-state index >= 15 is 0 Å². The third-order valence-electron chi connectivity index (χ3n) is 3.37. The predicted octanol–water partition coefficient (Wildman–Crippen LogP) is 2.82. The fourth-order valence-electron chi connectivity index (χ4n) is 2.39. The molecule has 21 heavy (non-hydrogen) atoms. The average molecular weight is 306 g/mol. The van der Waals surface area contributed by atoms with E-state index in [2.05, 4.69) is 22.3 Å². The Kier molecular flexibility index (Phi) is 4.77. The molecule has 0 bridgehead atoms. The number of hydrogen-bond acceptors (Lipinski definition) is 4. The van der Waals surface area contributed by atoms with Crippen LogP contribution in [-0.2, 0) is 6.42 Å². The minimum Gasteiger partial charge on any atom is -0.349 e. The molecule has 0 aliphatic heterocycles. The maximum absolute atomic E-state index is 12.3. The van der Waals surface area contributed by atoms with Gasteiger partial charge >= 0.3 is 0 Å². The van der Waals surface area contributed by atoms with Crippen LogP contribution in [0.5, 0.6) is 0 Å². The van der Waals surface area contributed by atoms with Crippen molar-refractivity contribution in [2.24, 2.45) is 0 Å². The van der Waals surface area contributed by atoms with Crippen LogP contribution in [0, 0.1) is 20.8 Å². The number of carbonyl (C=O) groups excluding carboxylic acids is 1. The zero-order valence-electron chi connectivity index (χ0n) is 13.2. The lowest BCUT2D eigenvalue weighted by Crippen LogP contribution is -2.30. The van der Waals surface area contributed by atoms with Crippen molar-refractivity contribution in [1.82, 2.24) is 20.1 Å². The number of nitrogens with zero attached hydrogens (tertiary/aromatic N) is 3. The van der Waals surface area contributed by atoms with Gasteiger partial charge in [-0.25, -0.2) is 4.98 Å². The highest BCUT2D eigenvalue weighted by atomic mass is 32.1. The molecule has 0 radical (unpaired) electrons. The van der Waals surface area contributed by atoms with Crippen molar-refractivity contribution in [2.75, 3.05) is 6.54 Å². The lowest BCUT2D eigenvalue weighted by atomic mass is 10.2. The van der Waals surface area contributed by atoms with Crippen LogP contribution >= 0.6 is 11.3 Å². The molecule has 0 spiro atoms. The quantitative estimate of drug-likeness (QED) is 0.924. The lowest BCUT2D eigenvalue weighted by Gasteiger charge is -2.15. The summed E-state index contributed by atoms with van der Waals surface area (Å²) in [5.74, 6) is -0.0363. The Balaban J connectivity index is 2.02. The molecule has 114 valence electrons. The Morgan fingerprint density at radius 3 is 2.71 bits per heavy atom. The van der Waals surface area contributed by atoms with E-state index in [-0.39, 0.29) is 11.9 Å². The molecular formula is C15H22N4OS. The summed E-state index contributed by atoms with van der Waals surface area (Å²) in [4.78, 5) is 17.4. The molecule has 1 atom stereocenters. The molecule has 0 fully saturated rings. The van der Waals surface area contributed by atoms with E-state index in [1.807, 2.05) is 38.4 Å². The van der Waals surface area contributed by atoms with Gasteiger partial charge in [0.15, 0.2) is 0 Å². The van der Waals surface area contributed by atoms with E-state index in [0.717, 1.165) is 33.4 Å². The van der Waals surface area contributed by atoms with Crippen LogP contribution in [0.25, 0.3) is 0 Å². The summed E-state index contributed by atoms with van der Waals surface area (Å²) in [5.41, 5.74) is 2.99. The molecule has 0 saturated carbocycles. The van der Waals surface area contributed by atoms with Crippen LogP contribution in [-0.4, -0.2) is 27.2 Å². The van der Waals surface area contributed by atoms with Gasteiger partial charge in [-0.3, -0.25) is 9.48 Å². The molecule has 2 aromatic heterocycles. The van der Waals surface area contributed by atoms with Gasteiger partial charge in [-0.15, -0.1) is 11.3 Å². The summed E-state index contributed by atoms with van der Waals surface area (Å²) in [7, 11) is 0. The Labute approximate surface area is 129 Å². The molecular weight excluding hydrogens is 284 g/mol. The molecule has 5 nitrogen and oxygen atoms in total. The van der Waals surface area contributed by atoms with Gasteiger partial charge in [0.2, 0.25) is 0 Å². The SMILES string of the molecule is CCc1nc(C)sc1C(=O)NC[C@H](C)n1nc(C)cc1C. The van der Waals surface area contributed by atoms with Crippen molar-refractivity contribution >= 4 is 17.2 Å². The monoisotopic (exact) mass is 306 g/mol. The second kappa shape index (κ2) is 6.39. The van der Waals surface area contributed by atoms with Crippen LogP contribution in [0.15, 0.2) is 6.07 Å². The molecule has 0 aromatic carbocycles. The Bertz CT molecular complexity index is 644. The summed E-state index contributed by atoms with van der Waals surface area (Å²) >= 11 is 1.46. The number of carbonyl (C=O) groups is 1. The van der Waals surface area contributed by atoms with Crippen molar-refractivity contribution in [3.8, 4) is 0 Å². The van der Waals surface area contributed by atoms with E-state index in [4.69, 9.17) is 0 Å². The predicted molar refractivity (Wildman–Crippen MR) is 85.0 cm³/mol. The molecule has 0 unspecified atom stereocenters. The number of nitrogens with one attached hydrogen (secondary N) is 1. The van der Waals surface area contributed by atoms with Crippen LogP contribution in [0.1, 0.15) is 51.7 Å². The highest BCUT2D eigenvalue weighted by Crippen LogP contribution is 2.18. The third kappa shape index (κ3) is 3.50. The van der Waals surface area contributed by atoms with Gasteiger partial charge in [0.05, 0.1) is 22.4 Å². The second-order valence-corrected chi connectivity index (χ2v) is 6.50. The first-order valence-electron chi connectivity index (χ1n) is 7.19. The molecule has 2 rings (SSSR count). The van der Waals surface area contributed by atoms with Crippen molar-refractivity contribution in [1.29, 1.82) is 0 Å². The van der Waals surface area contributed by atoms with Gasteiger partial charge < -0.3 is 5.32 Å². The summed E-state index contributed by atoms with van der Waals surface area (Å²) < 4.78 is 1.95. The van der Waals surface area contributed by atoms with Crippen LogP contribution < -0.4 is 5.32 Å². The zero-order valence-corrected chi connectivity index (χ0v) is 14.0. The third-order valence-corrected chi connectivity index (χ3v) is 4.38. The lowest BCUT2D eigenvalue weighted by molar-refractivity contribution is 0.0950. The fourth-order valence-corrected chi connectivity index (χ4v) is 3.31. The molecule has 0 aliphatic rings. The Morgan fingerprint density at radius 2 is 2.14 bits per heavy atom. The fraction of sp³-hybridized carbons (Fsp3) is 0.533. The standard InChI is InChI=1S/C15H22N4OS/c1-6-13-14(21-12(5)17-13)15(20)16-8-11(4)19-10(3)7-9(2)18-19/h7,11H,6,8H2,1-5H3,(H,16,20)/t11-/m0/s1. The van der Waals surface area contributed by atoms with Crippen LogP contribution in [0.2, 0.25) is 0 Å². The number of aromatic nitrogens is 3. The molecule has 0 saturated heterocycles. The number of amides is 1. The zero-order chi connectivity index (χ0) is 15.6. The number of aryl methyl sites for hydroxylation is 4. The minimum absolute atomic E-state index is 0.0363. The normalized spacial score (nSPS) is 12.4. The minimum atomic E-state index is -0.0363. The van der Waals surface area contributed by atoms with E-state index in [1.165, 1.54) is 11.3 Å². The molecule has 2 aromatic rings. The van der Waals surface area contributed by atoms with E-state index < -0.39 is 0 Å². The summed E-state index contributed by atoms with van der Waals surface area (Å²) in [6, 6.07) is 2.17. The number of thiazole rings is 1. The van der Waals surface area contributed by atoms with Crippen LogP contribution in [0.3, 0.4) is 0 Å². The molecule has 1 amide bonds. The van der Waals surface area contributed by atoms with Gasteiger partial charge in [-0.2, -0.15) is 5.10 Å². The first kappa shape index (κ1) is 15.7. The molecule has 6 heteroatoms. The summed E-state index contributed by atoms with van der Waals surface area (Å²) in [5, 5.41) is 8.38. The van der Waals surface area contributed by atoms with Crippen molar-refractivity contribution in [3.05, 3.63) is 33.0 Å². The molecule has 1 N–H and O–H groups in total. The van der Waals surface area contributed by atoms with Gasteiger partial charge in [0.1, 0.15) is 4.88 Å². The van der Waals surface area contributed by atoms with Crippen LogP contribution in [0.4, 0.5) is 0 Å². The smallest absolute Gasteiger partial charge is 0.263 e. The second-order valence-electron chi connectivity index (χ2n) is 5.29. The first-order chi connectivity index (χ1) is 9.92. The highest BCUT2D eigenvalue weighted by molar-refractivity contribution is 7.13. The van der Waals surface area contributed by atoms with Gasteiger partial charge in [0, 0.05) is 12.2 Å². The summed E-state index contributed by atoms with van der Waals surface area (Å²) in [6.45, 7) is 10.6. The topological polar surface area (TPSA) is 59.8 Å². The summed E-state index contributed by atoms with van der Waals surface area (Å²) in [6.07, 6.45) is 0.778. The largest absolute Gasteiger partial charge is 0.349 e. The van der Waals surface area contributed by atoms with Gasteiger partial charge in [-0.1, -0.05) is 6.92 Å².